The van der Waals surface area contributed by atoms with Crippen LogP contribution in [0.5, 0.6) is 0 Å². The lowest BCUT2D eigenvalue weighted by molar-refractivity contribution is 0.668. The quantitative estimate of drug-likeness (QED) is 0.804. The molecular weight excluding hydrogens is 224 g/mol. The number of aromatic nitrogens is 2. The van der Waals surface area contributed by atoms with E-state index < -0.39 is 0 Å². The largest absolute Gasteiger partial charge is 0.328 e. The molecule has 2 rings (SSSR count). The van der Waals surface area contributed by atoms with Crippen molar-refractivity contribution < 1.29 is 0 Å². The monoisotopic (exact) mass is 236 g/mol. The third-order valence-electron chi connectivity index (χ3n) is 2.56. The molecule has 3 nitrogen and oxygen atoms in total. The SMILES string of the molecule is CCn1ccn(Cc2ccccc2Cl)c1=O. The Hall–Kier alpha value is -1.48. The first kappa shape index (κ1) is 11.0. The van der Waals surface area contributed by atoms with Crippen molar-refractivity contribution in [1.29, 1.82) is 0 Å². The fourth-order valence-electron chi connectivity index (χ4n) is 1.62. The van der Waals surface area contributed by atoms with Gasteiger partial charge in [-0.25, -0.2) is 4.79 Å². The van der Waals surface area contributed by atoms with E-state index in [1.54, 1.807) is 21.5 Å². The highest BCUT2D eigenvalue weighted by molar-refractivity contribution is 6.31. The van der Waals surface area contributed by atoms with Crippen LogP contribution in [0.15, 0.2) is 41.5 Å². The maximum Gasteiger partial charge on any atom is 0.328 e. The van der Waals surface area contributed by atoms with Gasteiger partial charge in [0.15, 0.2) is 0 Å². The average molecular weight is 237 g/mol. The van der Waals surface area contributed by atoms with Crippen LogP contribution in [0.25, 0.3) is 0 Å². The summed E-state index contributed by atoms with van der Waals surface area (Å²) in [6, 6.07) is 7.56. The normalized spacial score (nSPS) is 10.6. The second-order valence-corrected chi connectivity index (χ2v) is 3.99. The zero-order chi connectivity index (χ0) is 11.5. The molecule has 2 aromatic rings. The summed E-state index contributed by atoms with van der Waals surface area (Å²) in [5.74, 6) is 0. The van der Waals surface area contributed by atoms with Gasteiger partial charge in [-0.2, -0.15) is 0 Å². The van der Waals surface area contributed by atoms with Gasteiger partial charge >= 0.3 is 5.69 Å². The number of benzene rings is 1. The molecule has 1 aromatic carbocycles. The molecule has 0 saturated carbocycles. The highest BCUT2D eigenvalue weighted by Gasteiger charge is 2.04. The average Bonchev–Trinajstić information content (AvgIpc) is 2.63. The van der Waals surface area contributed by atoms with Gasteiger partial charge in [0.05, 0.1) is 6.54 Å². The van der Waals surface area contributed by atoms with E-state index in [0.717, 1.165) is 5.56 Å². The number of hydrogen-bond donors (Lipinski definition) is 0. The number of hydrogen-bond acceptors (Lipinski definition) is 1. The Morgan fingerprint density at radius 2 is 1.88 bits per heavy atom. The first-order valence-corrected chi connectivity index (χ1v) is 5.59. The topological polar surface area (TPSA) is 26.9 Å². The van der Waals surface area contributed by atoms with E-state index >= 15 is 0 Å². The van der Waals surface area contributed by atoms with Gasteiger partial charge in [-0.3, -0.25) is 9.13 Å². The van der Waals surface area contributed by atoms with E-state index in [1.807, 2.05) is 31.2 Å². The molecule has 0 aliphatic heterocycles. The number of imidazole rings is 1. The number of nitrogens with zero attached hydrogens (tertiary/aromatic N) is 2. The van der Waals surface area contributed by atoms with Crippen LogP contribution in [0.4, 0.5) is 0 Å². The minimum atomic E-state index is 0.00224. The van der Waals surface area contributed by atoms with Gasteiger partial charge in [0.1, 0.15) is 0 Å². The third kappa shape index (κ3) is 2.04. The van der Waals surface area contributed by atoms with E-state index in [1.165, 1.54) is 0 Å². The summed E-state index contributed by atoms with van der Waals surface area (Å²) in [6.45, 7) is 3.15. The molecule has 1 heterocycles. The van der Waals surface area contributed by atoms with Crippen molar-refractivity contribution in [3.63, 3.8) is 0 Å². The Balaban J connectivity index is 2.31. The fourth-order valence-corrected chi connectivity index (χ4v) is 1.82. The molecule has 0 amide bonds. The molecule has 1 aromatic heterocycles. The van der Waals surface area contributed by atoms with E-state index in [2.05, 4.69) is 0 Å². The predicted octanol–water partition coefficient (Wildman–Crippen LogP) is 2.37. The van der Waals surface area contributed by atoms with Crippen molar-refractivity contribution in [2.45, 2.75) is 20.0 Å². The van der Waals surface area contributed by atoms with Crippen LogP contribution in [-0.2, 0) is 13.1 Å². The number of rotatable bonds is 3. The van der Waals surface area contributed by atoms with E-state index in [9.17, 15) is 4.79 Å². The summed E-state index contributed by atoms with van der Waals surface area (Å²) >= 11 is 6.04. The Morgan fingerprint density at radius 3 is 2.50 bits per heavy atom. The molecule has 0 atom stereocenters. The van der Waals surface area contributed by atoms with Gasteiger partial charge in [-0.1, -0.05) is 29.8 Å². The highest BCUT2D eigenvalue weighted by Crippen LogP contribution is 2.15. The standard InChI is InChI=1S/C12H13ClN2O/c1-2-14-7-8-15(12(14)16)9-10-5-3-4-6-11(10)13/h3-8H,2,9H2,1H3. The Labute approximate surface area is 98.9 Å². The molecule has 0 aliphatic carbocycles. The molecule has 0 bridgehead atoms. The molecule has 0 saturated heterocycles. The molecule has 4 heteroatoms. The second kappa shape index (κ2) is 4.58. The van der Waals surface area contributed by atoms with E-state index in [-0.39, 0.29) is 5.69 Å². The number of halogens is 1. The maximum absolute atomic E-state index is 11.8. The number of aryl methyl sites for hydroxylation is 1. The van der Waals surface area contributed by atoms with Crippen LogP contribution in [0, 0.1) is 0 Å². The summed E-state index contributed by atoms with van der Waals surface area (Å²) in [7, 11) is 0. The summed E-state index contributed by atoms with van der Waals surface area (Å²) in [6.07, 6.45) is 3.58. The van der Waals surface area contributed by atoms with Crippen LogP contribution in [0.3, 0.4) is 0 Å². The zero-order valence-corrected chi connectivity index (χ0v) is 9.81. The first-order valence-electron chi connectivity index (χ1n) is 5.21. The summed E-state index contributed by atoms with van der Waals surface area (Å²) in [4.78, 5) is 11.8. The smallest absolute Gasteiger partial charge is 0.300 e. The Morgan fingerprint density at radius 1 is 1.19 bits per heavy atom. The molecule has 84 valence electrons. The Bertz CT molecular complexity index is 542. The third-order valence-corrected chi connectivity index (χ3v) is 2.93. The molecule has 0 N–H and O–H groups in total. The van der Waals surface area contributed by atoms with Crippen molar-refractivity contribution in [2.24, 2.45) is 0 Å². The summed E-state index contributed by atoms with van der Waals surface area (Å²) < 4.78 is 3.32. The predicted molar refractivity (Wildman–Crippen MR) is 64.9 cm³/mol. The van der Waals surface area contributed by atoms with Gasteiger partial charge in [0.25, 0.3) is 0 Å². The lowest BCUT2D eigenvalue weighted by Crippen LogP contribution is -2.23. The maximum atomic E-state index is 11.8. The Kier molecular flexibility index (Phi) is 3.15. The summed E-state index contributed by atoms with van der Waals surface area (Å²) in [5, 5.41) is 0.693. The van der Waals surface area contributed by atoms with Crippen LogP contribution < -0.4 is 5.69 Å². The van der Waals surface area contributed by atoms with E-state index in [0.29, 0.717) is 18.1 Å². The second-order valence-electron chi connectivity index (χ2n) is 3.59. The minimum absolute atomic E-state index is 0.00224. The molecule has 16 heavy (non-hydrogen) atoms. The van der Waals surface area contributed by atoms with Gasteiger partial charge < -0.3 is 0 Å². The van der Waals surface area contributed by atoms with E-state index in [4.69, 9.17) is 11.6 Å². The van der Waals surface area contributed by atoms with Crippen LogP contribution >= 0.6 is 11.6 Å². The minimum Gasteiger partial charge on any atom is -0.300 e. The zero-order valence-electron chi connectivity index (χ0n) is 9.06. The van der Waals surface area contributed by atoms with Crippen LogP contribution in [0.2, 0.25) is 5.02 Å². The van der Waals surface area contributed by atoms with Crippen molar-refractivity contribution in [3.05, 3.63) is 57.7 Å². The van der Waals surface area contributed by atoms with Crippen LogP contribution in [0.1, 0.15) is 12.5 Å². The lowest BCUT2D eigenvalue weighted by Gasteiger charge is -2.03. The molecular formula is C12H13ClN2O. The molecule has 0 fully saturated rings. The molecule has 0 unspecified atom stereocenters. The molecule has 0 aliphatic rings. The van der Waals surface area contributed by atoms with Crippen molar-refractivity contribution in [2.75, 3.05) is 0 Å². The van der Waals surface area contributed by atoms with Crippen molar-refractivity contribution in [1.82, 2.24) is 9.13 Å². The fraction of sp³-hybridized carbons (Fsp3) is 0.250. The van der Waals surface area contributed by atoms with Gasteiger partial charge in [-0.05, 0) is 18.6 Å². The van der Waals surface area contributed by atoms with Crippen molar-refractivity contribution in [3.8, 4) is 0 Å². The highest BCUT2D eigenvalue weighted by atomic mass is 35.5. The van der Waals surface area contributed by atoms with Gasteiger partial charge in [0, 0.05) is 24.0 Å². The van der Waals surface area contributed by atoms with Gasteiger partial charge in [-0.15, -0.1) is 0 Å². The lowest BCUT2D eigenvalue weighted by atomic mass is 10.2. The van der Waals surface area contributed by atoms with Gasteiger partial charge in [0.2, 0.25) is 0 Å². The van der Waals surface area contributed by atoms with Crippen molar-refractivity contribution >= 4 is 11.6 Å². The van der Waals surface area contributed by atoms with Crippen LogP contribution in [-0.4, -0.2) is 9.13 Å². The first-order chi connectivity index (χ1) is 7.72. The molecule has 0 spiro atoms. The summed E-state index contributed by atoms with van der Waals surface area (Å²) in [5.41, 5.74) is 0.961. The molecule has 0 radical (unpaired) electrons.